The molecular formula is C21H25F3N6O3S. The summed E-state index contributed by atoms with van der Waals surface area (Å²) in [6.07, 6.45) is 2.39. The number of rotatable bonds is 5. The van der Waals surface area contributed by atoms with E-state index < -0.39 is 38.7 Å². The van der Waals surface area contributed by atoms with Crippen LogP contribution in [0.4, 0.5) is 19.0 Å². The third kappa shape index (κ3) is 4.25. The zero-order valence-electron chi connectivity index (χ0n) is 18.5. The first-order valence-corrected chi connectivity index (χ1v) is 12.4. The number of ether oxygens (including phenoxy) is 1. The lowest BCUT2D eigenvalue weighted by Gasteiger charge is -2.52. The highest BCUT2D eigenvalue weighted by Gasteiger charge is 2.53. The number of carbonyl (C=O) groups excluding carboxylic acids is 1. The van der Waals surface area contributed by atoms with Crippen LogP contribution in [0, 0.1) is 5.82 Å². The van der Waals surface area contributed by atoms with Gasteiger partial charge in [0.1, 0.15) is 40.1 Å². The van der Waals surface area contributed by atoms with Gasteiger partial charge in [-0.1, -0.05) is 0 Å². The number of nitrogens with two attached hydrogens (primary N) is 1. The molecule has 0 saturated carbocycles. The Morgan fingerprint density at radius 1 is 1.29 bits per heavy atom. The van der Waals surface area contributed by atoms with Crippen LogP contribution in [-0.4, -0.2) is 49.6 Å². The first-order valence-electron chi connectivity index (χ1n) is 10.6. The normalized spacial score (nSPS) is 26.8. The monoisotopic (exact) mass is 498 g/mol. The standard InChI is InChI=1S/C21H25F3N6O3S/c1-20(11-34(32)21(2,18(25)30-20)8-3-9-27-34)16-13(22)5-7-15(28-16)29-17(31)14-6-4-12(10-26-14)33-19(23)24/h4-7,10,19,34H,3,8-9,11H2,1-2H3,(H2,25,30)(H,27,32)(H,28,29,31). The highest BCUT2D eigenvalue weighted by molar-refractivity contribution is 8.03. The molecule has 9 nitrogen and oxygen atoms in total. The third-order valence-corrected chi connectivity index (χ3v) is 10.1. The van der Waals surface area contributed by atoms with Crippen LogP contribution < -0.4 is 20.5 Å². The van der Waals surface area contributed by atoms with E-state index in [1.54, 1.807) is 6.92 Å². The van der Waals surface area contributed by atoms with E-state index in [-0.39, 0.29) is 34.5 Å². The number of aliphatic imine (C=N–C) groups is 1. The molecule has 4 heterocycles. The summed E-state index contributed by atoms with van der Waals surface area (Å²) in [5, 5.41) is 2.49. The first kappa shape index (κ1) is 24.1. The molecule has 2 atom stereocenters. The molecule has 2 aromatic rings. The smallest absolute Gasteiger partial charge is 0.387 e. The van der Waals surface area contributed by atoms with Gasteiger partial charge in [-0.05, 0) is 61.1 Å². The summed E-state index contributed by atoms with van der Waals surface area (Å²) in [6, 6.07) is 4.76. The minimum absolute atomic E-state index is 0.00863. The largest absolute Gasteiger partial charge is 0.433 e. The number of amidine groups is 1. The second-order valence-electron chi connectivity index (χ2n) is 8.69. The van der Waals surface area contributed by atoms with Crippen molar-refractivity contribution in [1.82, 2.24) is 14.7 Å². The second-order valence-corrected chi connectivity index (χ2v) is 11.8. The molecule has 0 aliphatic carbocycles. The van der Waals surface area contributed by atoms with E-state index in [1.165, 1.54) is 18.2 Å². The lowest BCUT2D eigenvalue weighted by molar-refractivity contribution is -0.0500. The van der Waals surface area contributed by atoms with Crippen LogP contribution >= 0.6 is 0 Å². The van der Waals surface area contributed by atoms with Gasteiger partial charge in [0.2, 0.25) is 0 Å². The van der Waals surface area contributed by atoms with Crippen molar-refractivity contribution in [3.63, 3.8) is 0 Å². The summed E-state index contributed by atoms with van der Waals surface area (Å²) in [4.78, 5) is 25.1. The fourth-order valence-electron chi connectivity index (χ4n) is 4.33. The van der Waals surface area contributed by atoms with Gasteiger partial charge in [0, 0.05) is 12.3 Å². The first-order chi connectivity index (χ1) is 16.0. The molecule has 0 bridgehead atoms. The minimum atomic E-state index is -3.07. The van der Waals surface area contributed by atoms with Gasteiger partial charge >= 0.3 is 6.61 Å². The average Bonchev–Trinajstić information content (AvgIpc) is 2.76. The quantitative estimate of drug-likeness (QED) is 0.467. The molecule has 2 aliphatic rings. The number of thiol groups is 1. The molecule has 184 valence electrons. The summed E-state index contributed by atoms with van der Waals surface area (Å²) in [6.45, 7) is 0.966. The Morgan fingerprint density at radius 2 is 2.06 bits per heavy atom. The van der Waals surface area contributed by atoms with E-state index in [2.05, 4.69) is 29.7 Å². The number of hydrogen-bond acceptors (Lipinski definition) is 7. The predicted molar refractivity (Wildman–Crippen MR) is 122 cm³/mol. The van der Waals surface area contributed by atoms with Crippen LogP contribution in [0.5, 0.6) is 5.75 Å². The highest BCUT2D eigenvalue weighted by Crippen LogP contribution is 2.43. The van der Waals surface area contributed by atoms with Gasteiger partial charge in [0.05, 0.1) is 10.9 Å². The van der Waals surface area contributed by atoms with E-state index in [0.717, 1.165) is 18.7 Å². The molecule has 2 unspecified atom stereocenters. The SMILES string of the molecule is CC1(c2nc(NC(=O)c3ccc(OC(F)F)cn3)ccc2F)C[SH]2(=O)NCCCC2(C)C(N)=N1. The molecule has 4 rings (SSSR count). The van der Waals surface area contributed by atoms with E-state index >= 15 is 0 Å². The van der Waals surface area contributed by atoms with Crippen molar-refractivity contribution in [2.24, 2.45) is 10.7 Å². The van der Waals surface area contributed by atoms with E-state index in [4.69, 9.17) is 5.73 Å². The van der Waals surface area contributed by atoms with Gasteiger partial charge in [0.15, 0.2) is 0 Å². The third-order valence-electron chi connectivity index (χ3n) is 6.25. The number of carbonyl (C=O) groups is 1. The van der Waals surface area contributed by atoms with E-state index in [0.29, 0.717) is 13.0 Å². The molecular weight excluding hydrogens is 473 g/mol. The Bertz CT molecular complexity index is 1190. The van der Waals surface area contributed by atoms with Crippen LogP contribution in [0.2, 0.25) is 0 Å². The summed E-state index contributed by atoms with van der Waals surface area (Å²) in [7, 11) is -3.07. The summed E-state index contributed by atoms with van der Waals surface area (Å²) in [5.74, 6) is -1.37. The molecule has 2 aliphatic heterocycles. The van der Waals surface area contributed by atoms with Crippen LogP contribution in [0.3, 0.4) is 0 Å². The fourth-order valence-corrected chi connectivity index (χ4v) is 7.69. The van der Waals surface area contributed by atoms with Gasteiger partial charge in [-0.25, -0.2) is 14.4 Å². The van der Waals surface area contributed by atoms with Crippen molar-refractivity contribution in [1.29, 1.82) is 0 Å². The highest BCUT2D eigenvalue weighted by atomic mass is 32.3. The number of alkyl halides is 2. The molecule has 2 aromatic heterocycles. The van der Waals surface area contributed by atoms with Gasteiger partial charge in [0.25, 0.3) is 5.91 Å². The molecule has 1 saturated heterocycles. The van der Waals surface area contributed by atoms with Crippen molar-refractivity contribution in [2.75, 3.05) is 17.6 Å². The van der Waals surface area contributed by atoms with Crippen molar-refractivity contribution >= 4 is 27.7 Å². The van der Waals surface area contributed by atoms with Crippen LogP contribution in [-0.2, 0) is 15.7 Å². The molecule has 1 fully saturated rings. The minimum Gasteiger partial charge on any atom is -0.433 e. The summed E-state index contributed by atoms with van der Waals surface area (Å²) in [5.41, 5.74) is 4.75. The second kappa shape index (κ2) is 8.62. The van der Waals surface area contributed by atoms with Gasteiger partial charge in [-0.15, -0.1) is 0 Å². The Hall–Kier alpha value is -3.06. The number of anilines is 1. The fraction of sp³-hybridized carbons (Fsp3) is 0.429. The topological polar surface area (TPSA) is 132 Å². The number of pyridine rings is 2. The number of halogens is 3. The predicted octanol–water partition coefficient (Wildman–Crippen LogP) is 2.13. The maximum absolute atomic E-state index is 14.9. The molecule has 1 amide bonds. The number of fused-ring (bicyclic) bond motifs is 1. The lowest BCUT2D eigenvalue weighted by Crippen LogP contribution is -2.67. The lowest BCUT2D eigenvalue weighted by atomic mass is 9.96. The van der Waals surface area contributed by atoms with Crippen molar-refractivity contribution in [3.05, 3.63) is 47.7 Å². The van der Waals surface area contributed by atoms with E-state index in [1.807, 2.05) is 6.92 Å². The number of amides is 1. The molecule has 0 aromatic carbocycles. The summed E-state index contributed by atoms with van der Waals surface area (Å²) >= 11 is 0. The number of hydrogen-bond donors (Lipinski definition) is 4. The Labute approximate surface area is 195 Å². The number of nitrogens with one attached hydrogen (secondary N) is 2. The van der Waals surface area contributed by atoms with Crippen LogP contribution in [0.25, 0.3) is 0 Å². The van der Waals surface area contributed by atoms with Crippen molar-refractivity contribution < 1.29 is 26.9 Å². The molecule has 0 spiro atoms. The molecule has 4 N–H and O–H groups in total. The maximum atomic E-state index is 14.9. The van der Waals surface area contributed by atoms with Crippen LogP contribution in [0.15, 0.2) is 35.5 Å². The van der Waals surface area contributed by atoms with E-state index in [9.17, 15) is 22.2 Å². The van der Waals surface area contributed by atoms with Crippen molar-refractivity contribution in [3.8, 4) is 5.75 Å². The Balaban J connectivity index is 1.61. The molecule has 13 heteroatoms. The van der Waals surface area contributed by atoms with Crippen LogP contribution in [0.1, 0.15) is 42.9 Å². The zero-order chi connectivity index (χ0) is 24.7. The van der Waals surface area contributed by atoms with Gasteiger partial charge in [-0.2, -0.15) is 8.78 Å². The zero-order valence-corrected chi connectivity index (χ0v) is 19.4. The maximum Gasteiger partial charge on any atom is 0.387 e. The average molecular weight is 499 g/mol. The summed E-state index contributed by atoms with van der Waals surface area (Å²) < 4.78 is 59.8. The van der Waals surface area contributed by atoms with Gasteiger partial charge in [-0.3, -0.25) is 18.7 Å². The Kier molecular flexibility index (Phi) is 6.10. The molecule has 34 heavy (non-hydrogen) atoms. The number of nitrogens with zero attached hydrogens (tertiary/aromatic N) is 3. The molecule has 0 radical (unpaired) electrons. The van der Waals surface area contributed by atoms with Gasteiger partial charge < -0.3 is 15.8 Å². The Morgan fingerprint density at radius 3 is 2.74 bits per heavy atom. The van der Waals surface area contributed by atoms with Crippen molar-refractivity contribution in [2.45, 2.75) is 43.6 Å². The number of aromatic nitrogens is 2.